The Hall–Kier alpha value is -2.19. The molecule has 1 aromatic carbocycles. The molecule has 1 aromatic heterocycles. The van der Waals surface area contributed by atoms with E-state index in [1.54, 1.807) is 24.3 Å². The van der Waals surface area contributed by atoms with Gasteiger partial charge in [-0.25, -0.2) is 23.1 Å². The van der Waals surface area contributed by atoms with E-state index in [9.17, 15) is 8.42 Å². The average molecular weight is 349 g/mol. The number of rotatable bonds is 7. The van der Waals surface area contributed by atoms with Crippen LogP contribution in [-0.2, 0) is 10.0 Å². The van der Waals surface area contributed by atoms with Crippen LogP contribution in [0.4, 0.5) is 11.6 Å². The van der Waals surface area contributed by atoms with Gasteiger partial charge in [-0.15, -0.1) is 0 Å². The Morgan fingerprint density at radius 3 is 2.33 bits per heavy atom. The van der Waals surface area contributed by atoms with Crippen LogP contribution in [-0.4, -0.2) is 45.6 Å². The van der Waals surface area contributed by atoms with Gasteiger partial charge < -0.3 is 10.2 Å². The van der Waals surface area contributed by atoms with Crippen LogP contribution in [0.1, 0.15) is 11.4 Å². The minimum atomic E-state index is -3.49. The first-order valence-electron chi connectivity index (χ1n) is 7.61. The van der Waals surface area contributed by atoms with Gasteiger partial charge in [0.05, 0.1) is 4.90 Å². The molecule has 0 saturated carbocycles. The van der Waals surface area contributed by atoms with Crippen molar-refractivity contribution in [3.63, 3.8) is 0 Å². The number of nitrogens with one attached hydrogen (secondary N) is 2. The van der Waals surface area contributed by atoms with E-state index >= 15 is 0 Å². The van der Waals surface area contributed by atoms with Crippen molar-refractivity contribution in [2.75, 3.05) is 37.4 Å². The quantitative estimate of drug-likeness (QED) is 0.738. The number of hydrogen-bond donors (Lipinski definition) is 2. The molecule has 2 N–H and O–H groups in total. The van der Waals surface area contributed by atoms with Gasteiger partial charge in [0.1, 0.15) is 17.5 Å². The number of aryl methyl sites for hydroxylation is 2. The van der Waals surface area contributed by atoms with Crippen LogP contribution in [0, 0.1) is 13.8 Å². The molecule has 24 heavy (non-hydrogen) atoms. The third-order valence-electron chi connectivity index (χ3n) is 3.34. The minimum absolute atomic E-state index is 0.260. The molecule has 0 saturated heterocycles. The topological polar surface area (TPSA) is 87.2 Å². The smallest absolute Gasteiger partial charge is 0.240 e. The Bertz CT molecular complexity index is 789. The highest BCUT2D eigenvalue weighted by Crippen LogP contribution is 2.13. The maximum absolute atomic E-state index is 12.2. The van der Waals surface area contributed by atoms with Crippen LogP contribution in [0.3, 0.4) is 0 Å². The lowest BCUT2D eigenvalue weighted by Gasteiger charge is -2.14. The Morgan fingerprint density at radius 2 is 1.71 bits per heavy atom. The minimum Gasteiger partial charge on any atom is -0.369 e. The van der Waals surface area contributed by atoms with Gasteiger partial charge in [0.15, 0.2) is 0 Å². The second-order valence-corrected chi connectivity index (χ2v) is 7.46. The van der Waals surface area contributed by atoms with Gasteiger partial charge in [-0.1, -0.05) is 17.7 Å². The summed E-state index contributed by atoms with van der Waals surface area (Å²) in [5.74, 6) is 2.12. The highest BCUT2D eigenvalue weighted by molar-refractivity contribution is 7.89. The van der Waals surface area contributed by atoms with Gasteiger partial charge >= 0.3 is 0 Å². The van der Waals surface area contributed by atoms with Gasteiger partial charge in [-0.3, -0.25) is 0 Å². The summed E-state index contributed by atoms with van der Waals surface area (Å²) in [6.45, 7) is 4.42. The van der Waals surface area contributed by atoms with Gasteiger partial charge in [-0.2, -0.15) is 0 Å². The molecule has 7 nitrogen and oxygen atoms in total. The first kappa shape index (κ1) is 18.2. The van der Waals surface area contributed by atoms with Crippen LogP contribution in [0.2, 0.25) is 0 Å². The molecule has 0 spiro atoms. The van der Waals surface area contributed by atoms with E-state index < -0.39 is 10.0 Å². The highest BCUT2D eigenvalue weighted by Gasteiger charge is 2.12. The van der Waals surface area contributed by atoms with Crippen LogP contribution in [0.5, 0.6) is 0 Å². The Morgan fingerprint density at radius 1 is 1.04 bits per heavy atom. The van der Waals surface area contributed by atoms with Crippen LogP contribution < -0.4 is 14.9 Å². The molecule has 2 aromatic rings. The zero-order valence-electron chi connectivity index (χ0n) is 14.4. The number of benzene rings is 1. The van der Waals surface area contributed by atoms with Gasteiger partial charge in [0, 0.05) is 33.3 Å². The summed E-state index contributed by atoms with van der Waals surface area (Å²) in [6.07, 6.45) is 0. The fourth-order valence-electron chi connectivity index (χ4n) is 2.05. The molecule has 0 bridgehead atoms. The van der Waals surface area contributed by atoms with Crippen LogP contribution >= 0.6 is 0 Å². The predicted octanol–water partition coefficient (Wildman–Crippen LogP) is 1.55. The van der Waals surface area contributed by atoms with Crippen molar-refractivity contribution in [1.29, 1.82) is 0 Å². The molecule has 0 aliphatic rings. The molecular formula is C16H23N5O2S. The number of anilines is 2. The molecule has 2 rings (SSSR count). The third kappa shape index (κ3) is 4.90. The van der Waals surface area contributed by atoms with Crippen molar-refractivity contribution in [3.05, 3.63) is 41.7 Å². The van der Waals surface area contributed by atoms with E-state index in [0.717, 1.165) is 11.4 Å². The van der Waals surface area contributed by atoms with Crippen LogP contribution in [0.15, 0.2) is 35.2 Å². The third-order valence-corrected chi connectivity index (χ3v) is 4.81. The molecule has 0 fully saturated rings. The molecule has 130 valence electrons. The molecule has 0 aliphatic heterocycles. The summed E-state index contributed by atoms with van der Waals surface area (Å²) in [5, 5.41) is 3.11. The van der Waals surface area contributed by atoms with E-state index in [1.807, 2.05) is 38.9 Å². The maximum atomic E-state index is 12.2. The molecule has 8 heteroatoms. The van der Waals surface area contributed by atoms with Crippen molar-refractivity contribution in [2.24, 2.45) is 0 Å². The van der Waals surface area contributed by atoms with Crippen molar-refractivity contribution in [3.8, 4) is 0 Å². The first-order chi connectivity index (χ1) is 11.3. The molecule has 0 radical (unpaired) electrons. The highest BCUT2D eigenvalue weighted by atomic mass is 32.2. The summed E-state index contributed by atoms with van der Waals surface area (Å²) in [6, 6.07) is 8.57. The number of sulfonamides is 1. The van der Waals surface area contributed by atoms with Crippen molar-refractivity contribution in [1.82, 2.24) is 14.7 Å². The monoisotopic (exact) mass is 349 g/mol. The molecule has 0 aliphatic carbocycles. The van der Waals surface area contributed by atoms with Crippen molar-refractivity contribution >= 4 is 21.7 Å². The lowest BCUT2D eigenvalue weighted by atomic mass is 10.2. The van der Waals surface area contributed by atoms with Gasteiger partial charge in [-0.05, 0) is 26.0 Å². The lowest BCUT2D eigenvalue weighted by Crippen LogP contribution is -2.29. The Balaban J connectivity index is 1.92. The zero-order chi connectivity index (χ0) is 17.7. The predicted molar refractivity (Wildman–Crippen MR) is 96.0 cm³/mol. The second-order valence-electron chi connectivity index (χ2n) is 5.69. The molecule has 0 amide bonds. The number of hydrogen-bond acceptors (Lipinski definition) is 6. The standard InChI is InChI=1S/C16H23N5O2S/c1-12-5-7-14(8-6-12)24(22,23)18-10-9-17-15-11-16(21(3)4)20-13(2)19-15/h5-8,11,18H,9-10H2,1-4H3,(H,17,19,20). The second kappa shape index (κ2) is 7.59. The van der Waals surface area contributed by atoms with Gasteiger partial charge in [0.25, 0.3) is 0 Å². The van der Waals surface area contributed by atoms with E-state index in [-0.39, 0.29) is 11.4 Å². The summed E-state index contributed by atoms with van der Waals surface area (Å²) >= 11 is 0. The van der Waals surface area contributed by atoms with Crippen molar-refractivity contribution < 1.29 is 8.42 Å². The van der Waals surface area contributed by atoms with E-state index in [1.165, 1.54) is 0 Å². The Kier molecular flexibility index (Phi) is 5.74. The summed E-state index contributed by atoms with van der Waals surface area (Å²) < 4.78 is 26.9. The molecular weight excluding hydrogens is 326 g/mol. The fraction of sp³-hybridized carbons (Fsp3) is 0.375. The molecule has 0 atom stereocenters. The zero-order valence-corrected chi connectivity index (χ0v) is 15.2. The number of nitrogens with zero attached hydrogens (tertiary/aromatic N) is 3. The van der Waals surface area contributed by atoms with E-state index in [0.29, 0.717) is 18.2 Å². The summed E-state index contributed by atoms with van der Waals surface area (Å²) in [7, 11) is 0.316. The van der Waals surface area contributed by atoms with E-state index in [2.05, 4.69) is 20.0 Å². The maximum Gasteiger partial charge on any atom is 0.240 e. The SMILES string of the molecule is Cc1ccc(S(=O)(=O)NCCNc2cc(N(C)C)nc(C)n2)cc1. The molecule has 0 unspecified atom stereocenters. The normalized spacial score (nSPS) is 11.3. The Labute approximate surface area is 143 Å². The fourth-order valence-corrected chi connectivity index (χ4v) is 3.08. The first-order valence-corrected chi connectivity index (χ1v) is 9.09. The van der Waals surface area contributed by atoms with E-state index in [4.69, 9.17) is 0 Å². The summed E-state index contributed by atoms with van der Waals surface area (Å²) in [5.41, 5.74) is 1.02. The van der Waals surface area contributed by atoms with Crippen molar-refractivity contribution in [2.45, 2.75) is 18.7 Å². The largest absolute Gasteiger partial charge is 0.369 e. The summed E-state index contributed by atoms with van der Waals surface area (Å²) in [4.78, 5) is 10.8. The molecule has 1 heterocycles. The van der Waals surface area contributed by atoms with Gasteiger partial charge in [0.2, 0.25) is 10.0 Å². The average Bonchev–Trinajstić information content (AvgIpc) is 2.51. The lowest BCUT2D eigenvalue weighted by molar-refractivity contribution is 0.583. The van der Waals surface area contributed by atoms with Crippen LogP contribution in [0.25, 0.3) is 0 Å². The number of aromatic nitrogens is 2.